The molecule has 9 aromatic carbocycles. The van der Waals surface area contributed by atoms with E-state index in [2.05, 4.69) is 246 Å². The molecule has 290 valence electrons. The molecule has 0 atom stereocenters. The molecule has 3 heterocycles. The van der Waals surface area contributed by atoms with Crippen LogP contribution in [-0.4, -0.2) is 14.1 Å². The van der Waals surface area contributed by atoms with Crippen molar-refractivity contribution < 1.29 is 0 Å². The number of nitrogens with zero attached hydrogens (tertiary/aromatic N) is 3. The molecule has 0 radical (unpaired) electrons. The predicted molar refractivity (Wildman–Crippen MR) is 260 cm³/mol. The number of aromatic nitrogens is 3. The summed E-state index contributed by atoms with van der Waals surface area (Å²) in [5.41, 5.74) is 17.9. The number of fused-ring (bicyclic) bond motifs is 6. The van der Waals surface area contributed by atoms with Crippen LogP contribution in [0.2, 0.25) is 0 Å². The molecule has 0 unspecified atom stereocenters. The van der Waals surface area contributed by atoms with Gasteiger partial charge >= 0.3 is 0 Å². The van der Waals surface area contributed by atoms with Crippen LogP contribution >= 0.6 is 0 Å². The highest BCUT2D eigenvalue weighted by Gasteiger charge is 2.16. The second-order valence-electron chi connectivity index (χ2n) is 16.0. The van der Waals surface area contributed by atoms with Crippen molar-refractivity contribution in [3.63, 3.8) is 0 Å². The molecule has 0 aliphatic heterocycles. The SMILES string of the molecule is c1ccc(-c2ccc(-c3cc(-c4cccc(-c5cccc(-n6c7ccccc7c7ccccc76)c5)c4)cc(-c4cccc(-n5c6ccccc6c6ccccc65)c4)n3)cc2)cc1. The van der Waals surface area contributed by atoms with Gasteiger partial charge < -0.3 is 9.13 Å². The zero-order valence-electron chi connectivity index (χ0n) is 33.9. The van der Waals surface area contributed by atoms with Crippen LogP contribution in [0.15, 0.2) is 237 Å². The van der Waals surface area contributed by atoms with Gasteiger partial charge in [-0.2, -0.15) is 0 Å². The molecular formula is C59H39N3. The van der Waals surface area contributed by atoms with E-state index in [-0.39, 0.29) is 0 Å². The summed E-state index contributed by atoms with van der Waals surface area (Å²) in [4.78, 5) is 5.41. The third-order valence-corrected chi connectivity index (χ3v) is 12.3. The van der Waals surface area contributed by atoms with Crippen molar-refractivity contribution in [2.75, 3.05) is 0 Å². The summed E-state index contributed by atoms with van der Waals surface area (Å²) < 4.78 is 4.76. The molecule has 0 spiro atoms. The summed E-state index contributed by atoms with van der Waals surface area (Å²) in [7, 11) is 0. The number of para-hydroxylation sites is 4. The van der Waals surface area contributed by atoms with Crippen LogP contribution in [0.4, 0.5) is 0 Å². The highest BCUT2D eigenvalue weighted by atomic mass is 15.0. The molecule has 0 N–H and O–H groups in total. The van der Waals surface area contributed by atoms with Crippen LogP contribution in [-0.2, 0) is 0 Å². The van der Waals surface area contributed by atoms with Crippen molar-refractivity contribution in [1.82, 2.24) is 14.1 Å². The second-order valence-corrected chi connectivity index (χ2v) is 16.0. The van der Waals surface area contributed by atoms with Crippen LogP contribution in [0.1, 0.15) is 0 Å². The van der Waals surface area contributed by atoms with E-state index in [0.717, 1.165) is 56.1 Å². The minimum atomic E-state index is 0.922. The smallest absolute Gasteiger partial charge is 0.0716 e. The van der Waals surface area contributed by atoms with Crippen LogP contribution in [0.3, 0.4) is 0 Å². The number of hydrogen-bond acceptors (Lipinski definition) is 1. The maximum atomic E-state index is 5.41. The number of hydrogen-bond donors (Lipinski definition) is 0. The summed E-state index contributed by atoms with van der Waals surface area (Å²) in [5, 5.41) is 5.01. The number of benzene rings is 9. The molecule has 0 amide bonds. The maximum absolute atomic E-state index is 5.41. The fraction of sp³-hybridized carbons (Fsp3) is 0. The first kappa shape index (κ1) is 35.7. The maximum Gasteiger partial charge on any atom is 0.0716 e. The topological polar surface area (TPSA) is 22.8 Å². The molecule has 3 nitrogen and oxygen atoms in total. The molecule has 0 aliphatic rings. The molecular weight excluding hydrogens is 751 g/mol. The van der Waals surface area contributed by atoms with Gasteiger partial charge in [0.1, 0.15) is 0 Å². The lowest BCUT2D eigenvalue weighted by Gasteiger charge is -2.14. The average molecular weight is 790 g/mol. The van der Waals surface area contributed by atoms with Gasteiger partial charge in [0.05, 0.1) is 33.5 Å². The van der Waals surface area contributed by atoms with Gasteiger partial charge in [-0.1, -0.05) is 170 Å². The van der Waals surface area contributed by atoms with Crippen molar-refractivity contribution in [1.29, 1.82) is 0 Å². The van der Waals surface area contributed by atoms with Crippen molar-refractivity contribution in [3.8, 4) is 67.3 Å². The Morgan fingerprint density at radius 1 is 0.226 bits per heavy atom. The summed E-state index contributed by atoms with van der Waals surface area (Å²) >= 11 is 0. The Balaban J connectivity index is 0.988. The van der Waals surface area contributed by atoms with Gasteiger partial charge in [0.25, 0.3) is 0 Å². The van der Waals surface area contributed by atoms with E-state index in [0.29, 0.717) is 0 Å². The van der Waals surface area contributed by atoms with Crippen LogP contribution < -0.4 is 0 Å². The first-order valence-corrected chi connectivity index (χ1v) is 21.2. The monoisotopic (exact) mass is 789 g/mol. The Morgan fingerprint density at radius 2 is 0.581 bits per heavy atom. The Labute approximate surface area is 360 Å². The van der Waals surface area contributed by atoms with E-state index in [1.54, 1.807) is 0 Å². The molecule has 3 aromatic heterocycles. The van der Waals surface area contributed by atoms with Crippen molar-refractivity contribution in [2.45, 2.75) is 0 Å². The third kappa shape index (κ3) is 6.10. The van der Waals surface area contributed by atoms with Crippen LogP contribution in [0.25, 0.3) is 111 Å². The molecule has 0 bridgehead atoms. The molecule has 0 saturated heterocycles. The Hall–Kier alpha value is -8.27. The Kier molecular flexibility index (Phi) is 8.50. The van der Waals surface area contributed by atoms with E-state index < -0.39 is 0 Å². The minimum Gasteiger partial charge on any atom is -0.309 e. The molecule has 0 aliphatic carbocycles. The number of rotatable bonds is 7. The first-order valence-electron chi connectivity index (χ1n) is 21.2. The van der Waals surface area contributed by atoms with E-state index in [4.69, 9.17) is 4.98 Å². The van der Waals surface area contributed by atoms with Gasteiger partial charge in [-0.25, -0.2) is 4.98 Å². The summed E-state index contributed by atoms with van der Waals surface area (Å²) in [6.07, 6.45) is 0. The quantitative estimate of drug-likeness (QED) is 0.158. The molecule has 0 saturated carbocycles. The van der Waals surface area contributed by atoms with E-state index in [1.807, 2.05) is 0 Å². The largest absolute Gasteiger partial charge is 0.309 e. The van der Waals surface area contributed by atoms with Crippen LogP contribution in [0.5, 0.6) is 0 Å². The highest BCUT2D eigenvalue weighted by molar-refractivity contribution is 6.10. The summed E-state index contributed by atoms with van der Waals surface area (Å²) in [6, 6.07) is 85.2. The minimum absolute atomic E-state index is 0.922. The molecule has 3 heteroatoms. The third-order valence-electron chi connectivity index (χ3n) is 12.3. The van der Waals surface area contributed by atoms with Gasteiger partial charge in [-0.15, -0.1) is 0 Å². The summed E-state index contributed by atoms with van der Waals surface area (Å²) in [6.45, 7) is 0. The lowest BCUT2D eigenvalue weighted by molar-refractivity contribution is 1.18. The van der Waals surface area contributed by atoms with Gasteiger partial charge in [-0.3, -0.25) is 0 Å². The average Bonchev–Trinajstić information content (AvgIpc) is 3.87. The van der Waals surface area contributed by atoms with Gasteiger partial charge in [0, 0.05) is 44.0 Å². The lowest BCUT2D eigenvalue weighted by atomic mass is 9.96. The molecule has 62 heavy (non-hydrogen) atoms. The number of pyridine rings is 1. The lowest BCUT2D eigenvalue weighted by Crippen LogP contribution is -1.96. The fourth-order valence-electron chi connectivity index (χ4n) is 9.37. The Bertz CT molecular complexity index is 3520. The predicted octanol–water partition coefficient (Wildman–Crippen LogP) is 15.6. The van der Waals surface area contributed by atoms with Crippen molar-refractivity contribution in [3.05, 3.63) is 237 Å². The van der Waals surface area contributed by atoms with Crippen molar-refractivity contribution in [2.24, 2.45) is 0 Å². The Morgan fingerprint density at radius 3 is 1.11 bits per heavy atom. The zero-order valence-corrected chi connectivity index (χ0v) is 33.9. The standard InChI is InChI=1S/C59H39N3/c1-2-15-40(16-3-1)41-31-33-42(34-32-41)54-38-47(39-55(60-54)46-20-14-22-49(37-46)62-58-29-10-6-25-52(58)53-26-7-11-30-59(53)62)44-18-12-17-43(35-44)45-19-13-21-48(36-45)61-56-27-8-4-23-50(56)51-24-5-9-28-57(51)61/h1-39H. The highest BCUT2D eigenvalue weighted by Crippen LogP contribution is 2.38. The first-order chi connectivity index (χ1) is 30.7. The zero-order chi connectivity index (χ0) is 41.0. The fourth-order valence-corrected chi connectivity index (χ4v) is 9.37. The molecule has 0 fully saturated rings. The van der Waals surface area contributed by atoms with E-state index >= 15 is 0 Å². The van der Waals surface area contributed by atoms with E-state index in [9.17, 15) is 0 Å². The van der Waals surface area contributed by atoms with Crippen LogP contribution in [0, 0.1) is 0 Å². The normalized spacial score (nSPS) is 11.5. The molecule has 12 rings (SSSR count). The second kappa shape index (κ2) is 14.8. The summed E-state index contributed by atoms with van der Waals surface area (Å²) in [5.74, 6) is 0. The molecule has 12 aromatic rings. The van der Waals surface area contributed by atoms with E-state index in [1.165, 1.54) is 54.7 Å². The van der Waals surface area contributed by atoms with Crippen molar-refractivity contribution >= 4 is 43.6 Å². The van der Waals surface area contributed by atoms with Gasteiger partial charge in [0.15, 0.2) is 0 Å². The van der Waals surface area contributed by atoms with Gasteiger partial charge in [-0.05, 0) is 100 Å². The van der Waals surface area contributed by atoms with Gasteiger partial charge in [0.2, 0.25) is 0 Å².